The number of hydrogen-bond donors (Lipinski definition) is 0. The van der Waals surface area contributed by atoms with Crippen molar-refractivity contribution in [3.8, 4) is 0 Å². The van der Waals surface area contributed by atoms with E-state index < -0.39 is 5.97 Å². The smallest absolute Gasteiger partial charge is 0.343 e. The summed E-state index contributed by atoms with van der Waals surface area (Å²) >= 11 is 0. The summed E-state index contributed by atoms with van der Waals surface area (Å²) in [6.07, 6.45) is 0.979. The van der Waals surface area contributed by atoms with E-state index in [-0.39, 0.29) is 11.5 Å². The molecule has 19 heavy (non-hydrogen) atoms. The topological polar surface area (TPSA) is 35.5 Å². The molecule has 0 radical (unpaired) electrons. The Morgan fingerprint density at radius 1 is 1.37 bits per heavy atom. The van der Waals surface area contributed by atoms with Gasteiger partial charge in [-0.2, -0.15) is 0 Å². The molecule has 0 fully saturated rings. The molecule has 1 unspecified atom stereocenters. The molecular formula is C16H22O3. The van der Waals surface area contributed by atoms with Crippen LogP contribution < -0.4 is 0 Å². The Kier molecular flexibility index (Phi) is 5.31. The summed E-state index contributed by atoms with van der Waals surface area (Å²) in [4.78, 5) is 11.8. The van der Waals surface area contributed by atoms with Gasteiger partial charge in [-0.3, -0.25) is 0 Å². The fourth-order valence-corrected chi connectivity index (χ4v) is 1.64. The van der Waals surface area contributed by atoms with Crippen molar-refractivity contribution in [3.63, 3.8) is 0 Å². The molecule has 0 saturated heterocycles. The molecule has 3 heteroatoms. The lowest BCUT2D eigenvalue weighted by Gasteiger charge is -2.23. The van der Waals surface area contributed by atoms with Gasteiger partial charge in [-0.25, -0.2) is 4.79 Å². The minimum Gasteiger partial charge on any atom is -0.432 e. The van der Waals surface area contributed by atoms with Gasteiger partial charge in [0, 0.05) is 0 Å². The summed E-state index contributed by atoms with van der Waals surface area (Å²) < 4.78 is 10.7. The van der Waals surface area contributed by atoms with Crippen molar-refractivity contribution in [2.24, 2.45) is 5.41 Å². The van der Waals surface area contributed by atoms with Crippen molar-refractivity contribution in [3.05, 3.63) is 48.2 Å². The quantitative estimate of drug-likeness (QED) is 0.591. The number of benzene rings is 1. The van der Waals surface area contributed by atoms with Crippen LogP contribution in [0.1, 0.15) is 49.7 Å². The fraction of sp³-hybridized carbons (Fsp3) is 0.438. The van der Waals surface area contributed by atoms with E-state index in [2.05, 4.69) is 27.4 Å². The van der Waals surface area contributed by atoms with Gasteiger partial charge in [0.05, 0.1) is 24.5 Å². The van der Waals surface area contributed by atoms with Gasteiger partial charge in [0.25, 0.3) is 0 Å². The van der Waals surface area contributed by atoms with Crippen LogP contribution in [0.3, 0.4) is 0 Å². The molecule has 0 aliphatic heterocycles. The molecule has 104 valence electrons. The van der Waals surface area contributed by atoms with Crippen LogP contribution in [-0.2, 0) is 9.47 Å². The number of carbonyl (C=O) groups is 1. The monoisotopic (exact) mass is 262 g/mol. The van der Waals surface area contributed by atoms with Crippen molar-refractivity contribution < 1.29 is 14.3 Å². The second-order valence-corrected chi connectivity index (χ2v) is 5.67. The standard InChI is InChI=1S/C16H22O3/c1-6-18-15(17)14-10-8-7-9-13(14)12(2)19-11-16(3,4)5/h6-10,12H,1,11H2,2-5H3. The summed E-state index contributed by atoms with van der Waals surface area (Å²) in [5, 5.41) is 0. The molecule has 0 spiro atoms. The molecular weight excluding hydrogens is 240 g/mol. The van der Waals surface area contributed by atoms with Crippen molar-refractivity contribution in [2.45, 2.75) is 33.8 Å². The Bertz CT molecular complexity index is 444. The lowest BCUT2D eigenvalue weighted by Crippen LogP contribution is -2.17. The summed E-state index contributed by atoms with van der Waals surface area (Å²) in [5.41, 5.74) is 1.44. The van der Waals surface area contributed by atoms with Gasteiger partial charge in [0.1, 0.15) is 0 Å². The van der Waals surface area contributed by atoms with E-state index in [1.165, 1.54) is 0 Å². The number of ether oxygens (including phenoxy) is 2. The lowest BCUT2D eigenvalue weighted by molar-refractivity contribution is 0.0167. The summed E-state index contributed by atoms with van der Waals surface area (Å²) in [6, 6.07) is 7.31. The zero-order valence-electron chi connectivity index (χ0n) is 12.1. The second-order valence-electron chi connectivity index (χ2n) is 5.67. The number of esters is 1. The van der Waals surface area contributed by atoms with Crippen LogP contribution in [0.15, 0.2) is 37.1 Å². The highest BCUT2D eigenvalue weighted by atomic mass is 16.5. The lowest BCUT2D eigenvalue weighted by atomic mass is 9.98. The minimum absolute atomic E-state index is 0.0881. The maximum atomic E-state index is 11.8. The Morgan fingerprint density at radius 2 is 2.00 bits per heavy atom. The number of hydrogen-bond acceptors (Lipinski definition) is 3. The molecule has 0 heterocycles. The SMILES string of the molecule is C=COC(=O)c1ccccc1C(C)OCC(C)(C)C. The molecule has 3 nitrogen and oxygen atoms in total. The predicted molar refractivity (Wildman–Crippen MR) is 75.9 cm³/mol. The van der Waals surface area contributed by atoms with Crippen LogP contribution in [0.2, 0.25) is 0 Å². The summed E-state index contributed by atoms with van der Waals surface area (Å²) in [7, 11) is 0. The Morgan fingerprint density at radius 3 is 2.58 bits per heavy atom. The molecule has 0 amide bonds. The van der Waals surface area contributed by atoms with Gasteiger partial charge in [-0.15, -0.1) is 0 Å². The molecule has 1 aromatic carbocycles. The molecule has 1 atom stereocenters. The third-order valence-electron chi connectivity index (χ3n) is 2.58. The molecule has 0 saturated carbocycles. The first-order chi connectivity index (χ1) is 8.85. The largest absolute Gasteiger partial charge is 0.432 e. The van der Waals surface area contributed by atoms with Crippen LogP contribution in [-0.4, -0.2) is 12.6 Å². The molecule has 0 aliphatic carbocycles. The van der Waals surface area contributed by atoms with Crippen molar-refractivity contribution in [1.82, 2.24) is 0 Å². The van der Waals surface area contributed by atoms with Crippen LogP contribution in [0.25, 0.3) is 0 Å². The highest BCUT2D eigenvalue weighted by molar-refractivity contribution is 5.91. The van der Waals surface area contributed by atoms with E-state index in [4.69, 9.17) is 9.47 Å². The van der Waals surface area contributed by atoms with Gasteiger partial charge < -0.3 is 9.47 Å². The highest BCUT2D eigenvalue weighted by Gasteiger charge is 2.19. The molecule has 1 rings (SSSR count). The highest BCUT2D eigenvalue weighted by Crippen LogP contribution is 2.25. The van der Waals surface area contributed by atoms with Crippen molar-refractivity contribution >= 4 is 5.97 Å². The average Bonchev–Trinajstić information content (AvgIpc) is 2.35. The van der Waals surface area contributed by atoms with E-state index in [9.17, 15) is 4.79 Å². The van der Waals surface area contributed by atoms with Gasteiger partial charge in [-0.1, -0.05) is 45.5 Å². The number of rotatable bonds is 5. The molecule has 0 bridgehead atoms. The van der Waals surface area contributed by atoms with Gasteiger partial charge in [0.2, 0.25) is 0 Å². The zero-order chi connectivity index (χ0) is 14.5. The normalized spacial score (nSPS) is 12.8. The molecule has 0 N–H and O–H groups in total. The third kappa shape index (κ3) is 4.87. The van der Waals surface area contributed by atoms with Crippen LogP contribution >= 0.6 is 0 Å². The third-order valence-corrected chi connectivity index (χ3v) is 2.58. The minimum atomic E-state index is -0.406. The average molecular weight is 262 g/mol. The Balaban J connectivity index is 2.87. The Labute approximate surface area is 115 Å². The van der Waals surface area contributed by atoms with Crippen molar-refractivity contribution in [1.29, 1.82) is 0 Å². The van der Waals surface area contributed by atoms with Crippen LogP contribution in [0, 0.1) is 5.41 Å². The molecule has 0 aromatic heterocycles. The van der Waals surface area contributed by atoms with Crippen molar-refractivity contribution in [2.75, 3.05) is 6.61 Å². The van der Waals surface area contributed by atoms with Crippen LogP contribution in [0.5, 0.6) is 0 Å². The van der Waals surface area contributed by atoms with Gasteiger partial charge in [0.15, 0.2) is 0 Å². The predicted octanol–water partition coefficient (Wildman–Crippen LogP) is 4.11. The summed E-state index contributed by atoms with van der Waals surface area (Å²) in [6.45, 7) is 12.3. The fourth-order valence-electron chi connectivity index (χ4n) is 1.64. The van der Waals surface area contributed by atoms with Gasteiger partial charge in [-0.05, 0) is 24.0 Å². The van der Waals surface area contributed by atoms with E-state index in [1.54, 1.807) is 12.1 Å². The zero-order valence-corrected chi connectivity index (χ0v) is 12.1. The first kappa shape index (κ1) is 15.4. The first-order valence-corrected chi connectivity index (χ1v) is 6.37. The van der Waals surface area contributed by atoms with E-state index in [1.807, 2.05) is 19.1 Å². The van der Waals surface area contributed by atoms with E-state index >= 15 is 0 Å². The molecule has 1 aromatic rings. The molecule has 0 aliphatic rings. The maximum Gasteiger partial charge on any atom is 0.343 e. The van der Waals surface area contributed by atoms with E-state index in [0.717, 1.165) is 11.8 Å². The summed E-state index contributed by atoms with van der Waals surface area (Å²) in [5.74, 6) is -0.406. The maximum absolute atomic E-state index is 11.8. The second kappa shape index (κ2) is 6.53. The van der Waals surface area contributed by atoms with Crippen LogP contribution in [0.4, 0.5) is 0 Å². The van der Waals surface area contributed by atoms with E-state index in [0.29, 0.717) is 12.2 Å². The van der Waals surface area contributed by atoms with Gasteiger partial charge >= 0.3 is 5.97 Å². The Hall–Kier alpha value is -1.61. The first-order valence-electron chi connectivity index (χ1n) is 6.37. The number of carbonyl (C=O) groups excluding carboxylic acids is 1.